The lowest BCUT2D eigenvalue weighted by Gasteiger charge is -2.28. The van der Waals surface area contributed by atoms with E-state index in [1.54, 1.807) is 25.4 Å². The fourth-order valence-electron chi connectivity index (χ4n) is 2.74. The Balaban J connectivity index is 1.83. The lowest BCUT2D eigenvalue weighted by molar-refractivity contribution is -0.121. The van der Waals surface area contributed by atoms with E-state index in [1.807, 2.05) is 6.07 Å². The van der Waals surface area contributed by atoms with Crippen molar-refractivity contribution < 1.29 is 14.6 Å². The largest absolute Gasteiger partial charge is 0.481 e. The molecule has 0 saturated carbocycles. The van der Waals surface area contributed by atoms with Gasteiger partial charge in [-0.05, 0) is 12.1 Å². The van der Waals surface area contributed by atoms with Crippen LogP contribution in [0, 0.1) is 0 Å². The normalized spacial score (nSPS) is 17.6. The average molecular weight is 301 g/mol. The minimum absolute atomic E-state index is 0.298. The number of likely N-dealkylation sites (tertiary alicyclic amines) is 1. The fraction of sp³-hybridized carbons (Fsp3) is 0.438. The predicted octanol–water partition coefficient (Wildman–Crippen LogP) is 1.34. The molecule has 3 rings (SSSR count). The van der Waals surface area contributed by atoms with Crippen molar-refractivity contribution in [2.45, 2.75) is 18.9 Å². The van der Waals surface area contributed by atoms with Gasteiger partial charge in [0, 0.05) is 50.3 Å². The number of methoxy groups -OCH3 is 1. The first-order valence-corrected chi connectivity index (χ1v) is 7.39. The summed E-state index contributed by atoms with van der Waals surface area (Å²) in [7, 11) is 1.56. The van der Waals surface area contributed by atoms with E-state index in [9.17, 15) is 9.90 Å². The van der Waals surface area contributed by atoms with Crippen LogP contribution in [0.1, 0.15) is 24.5 Å². The molecule has 0 bridgehead atoms. The van der Waals surface area contributed by atoms with E-state index < -0.39 is 6.10 Å². The summed E-state index contributed by atoms with van der Waals surface area (Å²) in [4.78, 5) is 22.1. The zero-order valence-corrected chi connectivity index (χ0v) is 12.5. The third kappa shape index (κ3) is 3.08. The molecule has 1 N–H and O–H groups in total. The van der Waals surface area contributed by atoms with Gasteiger partial charge in [0.2, 0.25) is 5.88 Å². The summed E-state index contributed by atoms with van der Waals surface area (Å²) in [6.45, 7) is 1.90. The molecular formula is C16H19N3O3. The van der Waals surface area contributed by atoms with Crippen LogP contribution in [0.25, 0.3) is 11.0 Å². The lowest BCUT2D eigenvalue weighted by Crippen LogP contribution is -2.36. The van der Waals surface area contributed by atoms with E-state index in [2.05, 4.69) is 14.9 Å². The zero-order chi connectivity index (χ0) is 15.5. The molecule has 1 atom stereocenters. The Hall–Kier alpha value is -2.05. The molecule has 6 nitrogen and oxygen atoms in total. The maximum Gasteiger partial charge on any atom is 0.213 e. The van der Waals surface area contributed by atoms with Crippen LogP contribution in [0.2, 0.25) is 0 Å². The summed E-state index contributed by atoms with van der Waals surface area (Å²) < 4.78 is 5.15. The molecule has 1 fully saturated rings. The quantitative estimate of drug-likeness (QED) is 0.918. The summed E-state index contributed by atoms with van der Waals surface area (Å²) in [5.41, 5.74) is 2.12. The van der Waals surface area contributed by atoms with Gasteiger partial charge in [-0.2, -0.15) is 0 Å². The van der Waals surface area contributed by atoms with Crippen LogP contribution in [0.4, 0.5) is 0 Å². The van der Waals surface area contributed by atoms with Gasteiger partial charge in [-0.1, -0.05) is 0 Å². The topological polar surface area (TPSA) is 75.6 Å². The predicted molar refractivity (Wildman–Crippen MR) is 81.7 cm³/mol. The molecule has 0 amide bonds. The summed E-state index contributed by atoms with van der Waals surface area (Å²) >= 11 is 0. The summed E-state index contributed by atoms with van der Waals surface area (Å²) in [6, 6.07) is 5.37. The average Bonchev–Trinajstić information content (AvgIpc) is 2.55. The second-order valence-corrected chi connectivity index (χ2v) is 5.48. The minimum atomic E-state index is -0.668. The number of rotatable bonds is 4. The number of nitrogens with zero attached hydrogens (tertiary/aromatic N) is 3. The molecule has 6 heteroatoms. The van der Waals surface area contributed by atoms with Gasteiger partial charge in [0.05, 0.1) is 24.2 Å². The van der Waals surface area contributed by atoms with Crippen LogP contribution >= 0.6 is 0 Å². The number of carbonyl (C=O) groups excluding carboxylic acids is 1. The number of aliphatic hydroxyl groups excluding tert-OH is 1. The van der Waals surface area contributed by atoms with E-state index in [4.69, 9.17) is 4.74 Å². The molecule has 0 unspecified atom stereocenters. The Morgan fingerprint density at radius 2 is 2.09 bits per heavy atom. The first kappa shape index (κ1) is 14.9. The number of pyridine rings is 2. The molecule has 22 heavy (non-hydrogen) atoms. The Bertz CT molecular complexity index is 679. The van der Waals surface area contributed by atoms with Gasteiger partial charge in [-0.15, -0.1) is 0 Å². The Morgan fingerprint density at radius 1 is 1.32 bits per heavy atom. The molecule has 1 aliphatic rings. The number of carbonyl (C=O) groups is 1. The summed E-state index contributed by atoms with van der Waals surface area (Å²) in [5.74, 6) is 0.795. The maximum absolute atomic E-state index is 11.3. The van der Waals surface area contributed by atoms with Gasteiger partial charge in [0.15, 0.2) is 0 Å². The molecule has 116 valence electrons. The number of Topliss-reactive ketones (excluding diaryl/α,β-unsaturated/α-hetero) is 1. The highest BCUT2D eigenvalue weighted by Crippen LogP contribution is 2.24. The molecule has 1 aliphatic heterocycles. The maximum atomic E-state index is 11.3. The van der Waals surface area contributed by atoms with Gasteiger partial charge in [0.1, 0.15) is 5.78 Å². The zero-order valence-electron chi connectivity index (χ0n) is 12.5. The van der Waals surface area contributed by atoms with Gasteiger partial charge < -0.3 is 9.84 Å². The molecule has 0 radical (unpaired) electrons. The molecule has 0 aromatic carbocycles. The van der Waals surface area contributed by atoms with Crippen LogP contribution in [0.15, 0.2) is 24.4 Å². The minimum Gasteiger partial charge on any atom is -0.481 e. The molecule has 2 aromatic rings. The first-order valence-electron chi connectivity index (χ1n) is 7.39. The van der Waals surface area contributed by atoms with Crippen molar-refractivity contribution in [3.05, 3.63) is 30.0 Å². The molecule has 2 aromatic heterocycles. The molecule has 1 saturated heterocycles. The Labute approximate surface area is 128 Å². The van der Waals surface area contributed by atoms with E-state index in [0.29, 0.717) is 49.7 Å². The number of β-amino-alcohol motifs (C(OH)–C–C–N with tert-alkyl or cyclic N) is 1. The first-order chi connectivity index (χ1) is 10.7. The molecule has 3 heterocycles. The summed E-state index contributed by atoms with van der Waals surface area (Å²) in [6.07, 6.45) is 2.14. The van der Waals surface area contributed by atoms with Crippen LogP contribution in [0.3, 0.4) is 0 Å². The highest BCUT2D eigenvalue weighted by Gasteiger charge is 2.21. The van der Waals surface area contributed by atoms with E-state index in [0.717, 1.165) is 11.1 Å². The van der Waals surface area contributed by atoms with E-state index >= 15 is 0 Å². The van der Waals surface area contributed by atoms with E-state index in [-0.39, 0.29) is 0 Å². The Kier molecular flexibility index (Phi) is 4.31. The van der Waals surface area contributed by atoms with Crippen molar-refractivity contribution >= 4 is 16.8 Å². The third-order valence-electron chi connectivity index (χ3n) is 4.00. The number of ether oxygens (including phenoxy) is 1. The van der Waals surface area contributed by atoms with Gasteiger partial charge in [-0.3, -0.25) is 14.7 Å². The smallest absolute Gasteiger partial charge is 0.213 e. The van der Waals surface area contributed by atoms with Crippen LogP contribution in [-0.2, 0) is 4.79 Å². The fourth-order valence-corrected chi connectivity index (χ4v) is 2.74. The van der Waals surface area contributed by atoms with Crippen molar-refractivity contribution in [1.82, 2.24) is 14.9 Å². The van der Waals surface area contributed by atoms with Crippen molar-refractivity contribution in [1.29, 1.82) is 0 Å². The lowest BCUT2D eigenvalue weighted by atomic mass is 10.1. The number of aliphatic hydroxyl groups is 1. The monoisotopic (exact) mass is 301 g/mol. The van der Waals surface area contributed by atoms with E-state index in [1.165, 1.54) is 0 Å². The SMILES string of the molecule is COc1ccc2nccc([C@@H](O)CN3CCC(=O)CC3)c2n1. The van der Waals surface area contributed by atoms with Crippen LogP contribution < -0.4 is 4.74 Å². The number of piperidine rings is 1. The second-order valence-electron chi connectivity index (χ2n) is 5.48. The number of ketones is 1. The number of hydrogen-bond donors (Lipinski definition) is 1. The van der Waals surface area contributed by atoms with Gasteiger partial charge in [-0.25, -0.2) is 4.98 Å². The van der Waals surface area contributed by atoms with Gasteiger partial charge >= 0.3 is 0 Å². The standard InChI is InChI=1S/C16H19N3O3/c1-22-15-3-2-13-16(18-15)12(4-7-17-13)14(21)10-19-8-5-11(20)6-9-19/h2-4,7,14,21H,5-6,8-10H2,1H3/t14-/m0/s1. The van der Waals surface area contributed by atoms with Gasteiger partial charge in [0.25, 0.3) is 0 Å². The highest BCUT2D eigenvalue weighted by molar-refractivity contribution is 5.79. The highest BCUT2D eigenvalue weighted by atomic mass is 16.5. The number of fused-ring (bicyclic) bond motifs is 1. The molecule has 0 spiro atoms. The van der Waals surface area contributed by atoms with Crippen LogP contribution in [-0.4, -0.2) is 52.5 Å². The van der Waals surface area contributed by atoms with Crippen molar-refractivity contribution in [3.63, 3.8) is 0 Å². The van der Waals surface area contributed by atoms with Crippen molar-refractivity contribution in [2.24, 2.45) is 0 Å². The molecule has 0 aliphatic carbocycles. The Morgan fingerprint density at radius 3 is 2.82 bits per heavy atom. The van der Waals surface area contributed by atoms with Crippen molar-refractivity contribution in [2.75, 3.05) is 26.7 Å². The second kappa shape index (κ2) is 6.37. The van der Waals surface area contributed by atoms with Crippen molar-refractivity contribution in [3.8, 4) is 5.88 Å². The van der Waals surface area contributed by atoms with Crippen LogP contribution in [0.5, 0.6) is 5.88 Å². The number of hydrogen-bond acceptors (Lipinski definition) is 6. The summed E-state index contributed by atoms with van der Waals surface area (Å²) in [5, 5.41) is 10.6. The number of aromatic nitrogens is 2. The molecular weight excluding hydrogens is 282 g/mol. The third-order valence-corrected chi connectivity index (χ3v) is 4.00.